The van der Waals surface area contributed by atoms with E-state index in [1.807, 2.05) is 0 Å². The van der Waals surface area contributed by atoms with Gasteiger partial charge in [-0.25, -0.2) is 9.37 Å². The van der Waals surface area contributed by atoms with Crippen molar-refractivity contribution in [3.05, 3.63) is 46.4 Å². The molecule has 1 aliphatic rings. The zero-order valence-electron chi connectivity index (χ0n) is 15.8. The first-order valence-corrected chi connectivity index (χ1v) is 9.85. The fourth-order valence-corrected chi connectivity index (χ4v) is 3.59. The minimum atomic E-state index is -0.445. The minimum Gasteiger partial charge on any atom is -0.369 e. The van der Waals surface area contributed by atoms with Crippen molar-refractivity contribution in [3.63, 3.8) is 0 Å². The van der Waals surface area contributed by atoms with E-state index in [4.69, 9.17) is 17.3 Å². The number of hydrogen-bond donors (Lipinski definition) is 3. The van der Waals surface area contributed by atoms with Crippen LogP contribution >= 0.6 is 11.6 Å². The van der Waals surface area contributed by atoms with Gasteiger partial charge in [-0.05, 0) is 49.8 Å². The van der Waals surface area contributed by atoms with Gasteiger partial charge in [-0.1, -0.05) is 17.7 Å². The van der Waals surface area contributed by atoms with Crippen LogP contribution in [0.1, 0.15) is 36.8 Å². The third-order valence-electron chi connectivity index (χ3n) is 5.06. The summed E-state index contributed by atoms with van der Waals surface area (Å²) in [6.45, 7) is 0.525. The average Bonchev–Trinajstić information content (AvgIpc) is 2.71. The molecule has 3 rings (SSSR count). The summed E-state index contributed by atoms with van der Waals surface area (Å²) >= 11 is 5.80. The maximum atomic E-state index is 13.2. The molecule has 1 fully saturated rings. The minimum absolute atomic E-state index is 0.0777. The fourth-order valence-electron chi connectivity index (χ4n) is 3.39. The molecule has 0 aliphatic heterocycles. The number of nitrogens with zero attached hydrogens (tertiary/aromatic N) is 3. The molecule has 152 valence electrons. The Morgan fingerprint density at radius 1 is 1.34 bits per heavy atom. The topological polar surface area (TPSA) is 117 Å². The Morgan fingerprint density at radius 2 is 2.10 bits per heavy atom. The van der Waals surface area contributed by atoms with Gasteiger partial charge in [0.1, 0.15) is 23.3 Å². The number of benzene rings is 1. The summed E-state index contributed by atoms with van der Waals surface area (Å²) in [5.74, 6) is 0.0884. The summed E-state index contributed by atoms with van der Waals surface area (Å²) in [5.41, 5.74) is 6.63. The fraction of sp³-hybridized carbons (Fsp3) is 0.400. The van der Waals surface area contributed by atoms with Crippen LogP contribution in [0, 0.1) is 23.1 Å². The summed E-state index contributed by atoms with van der Waals surface area (Å²) in [5, 5.41) is 15.8. The summed E-state index contributed by atoms with van der Waals surface area (Å²) in [6, 6.07) is 6.83. The smallest absolute Gasteiger partial charge is 0.224 e. The first-order chi connectivity index (χ1) is 14.0. The molecule has 29 heavy (non-hydrogen) atoms. The third-order valence-corrected chi connectivity index (χ3v) is 5.35. The maximum Gasteiger partial charge on any atom is 0.224 e. The second kappa shape index (κ2) is 9.52. The summed E-state index contributed by atoms with van der Waals surface area (Å²) in [7, 11) is 0. The quantitative estimate of drug-likeness (QED) is 0.637. The summed E-state index contributed by atoms with van der Waals surface area (Å²) in [6.07, 6.45) is 5.12. The highest BCUT2D eigenvalue weighted by Crippen LogP contribution is 2.27. The Hall–Kier alpha value is -2.92. The highest BCUT2D eigenvalue weighted by atomic mass is 35.5. The number of carbonyl (C=O) groups excluding carboxylic acids is 1. The van der Waals surface area contributed by atoms with E-state index in [-0.39, 0.29) is 22.9 Å². The molecular weight excluding hydrogens is 395 g/mol. The number of nitrogens with one attached hydrogen (secondary N) is 2. The van der Waals surface area contributed by atoms with E-state index >= 15 is 0 Å². The molecule has 1 heterocycles. The Balaban J connectivity index is 1.59. The van der Waals surface area contributed by atoms with Gasteiger partial charge in [0.2, 0.25) is 11.9 Å². The van der Waals surface area contributed by atoms with Gasteiger partial charge in [-0.3, -0.25) is 4.79 Å². The van der Waals surface area contributed by atoms with E-state index < -0.39 is 5.82 Å². The predicted molar refractivity (Wildman–Crippen MR) is 109 cm³/mol. The van der Waals surface area contributed by atoms with Crippen molar-refractivity contribution < 1.29 is 9.18 Å². The molecule has 1 aromatic heterocycles. The van der Waals surface area contributed by atoms with Crippen molar-refractivity contribution in [1.29, 1.82) is 5.26 Å². The van der Waals surface area contributed by atoms with Gasteiger partial charge in [0.05, 0.1) is 11.2 Å². The molecule has 1 aromatic carbocycles. The highest BCUT2D eigenvalue weighted by Gasteiger charge is 2.25. The van der Waals surface area contributed by atoms with Gasteiger partial charge in [0.25, 0.3) is 0 Å². The van der Waals surface area contributed by atoms with E-state index in [2.05, 4.69) is 26.7 Å². The second-order valence-corrected chi connectivity index (χ2v) is 7.50. The number of nitrogens with two attached hydrogens (primary N) is 1. The van der Waals surface area contributed by atoms with Crippen LogP contribution in [0.5, 0.6) is 0 Å². The molecule has 9 heteroatoms. The van der Waals surface area contributed by atoms with Crippen LogP contribution in [0.2, 0.25) is 5.02 Å². The Kier molecular flexibility index (Phi) is 6.83. The molecule has 0 radical (unpaired) electrons. The number of halogens is 2. The van der Waals surface area contributed by atoms with E-state index in [0.29, 0.717) is 30.3 Å². The standard InChI is InChI=1S/C20H22ClFN6O/c21-16-9-12(1-6-17(16)22)7-8-25-20-26-11-14(10-23)19(28-20)27-15-4-2-13(3-5-15)18(24)29/h1,6,9,11,13,15H,2-5,7-8H2,(H2,24,29)(H2,25,26,27,28). The molecule has 4 N–H and O–H groups in total. The lowest BCUT2D eigenvalue weighted by Gasteiger charge is -2.28. The van der Waals surface area contributed by atoms with Gasteiger partial charge in [0.15, 0.2) is 0 Å². The van der Waals surface area contributed by atoms with Crippen molar-refractivity contribution in [2.75, 3.05) is 17.2 Å². The molecule has 0 bridgehead atoms. The monoisotopic (exact) mass is 416 g/mol. The first kappa shape index (κ1) is 20.8. The number of amides is 1. The van der Waals surface area contributed by atoms with Crippen molar-refractivity contribution in [3.8, 4) is 6.07 Å². The number of carbonyl (C=O) groups is 1. The van der Waals surface area contributed by atoms with Crippen LogP contribution < -0.4 is 16.4 Å². The molecule has 0 atom stereocenters. The maximum absolute atomic E-state index is 13.2. The van der Waals surface area contributed by atoms with Crippen molar-refractivity contribution in [1.82, 2.24) is 9.97 Å². The average molecular weight is 417 g/mol. The van der Waals surface area contributed by atoms with Gasteiger partial charge in [-0.15, -0.1) is 0 Å². The van der Waals surface area contributed by atoms with Crippen molar-refractivity contribution in [2.45, 2.75) is 38.1 Å². The van der Waals surface area contributed by atoms with Crippen LogP contribution in [-0.2, 0) is 11.2 Å². The van der Waals surface area contributed by atoms with Gasteiger partial charge >= 0.3 is 0 Å². The highest BCUT2D eigenvalue weighted by molar-refractivity contribution is 6.30. The largest absolute Gasteiger partial charge is 0.369 e. The lowest BCUT2D eigenvalue weighted by atomic mass is 9.85. The van der Waals surface area contributed by atoms with Crippen LogP contribution in [0.15, 0.2) is 24.4 Å². The molecule has 0 saturated heterocycles. The first-order valence-electron chi connectivity index (χ1n) is 9.47. The Morgan fingerprint density at radius 3 is 2.76 bits per heavy atom. The van der Waals surface area contributed by atoms with Gasteiger partial charge < -0.3 is 16.4 Å². The van der Waals surface area contributed by atoms with Gasteiger partial charge in [-0.2, -0.15) is 10.2 Å². The molecular formula is C20H22ClFN6O. The molecule has 7 nitrogen and oxygen atoms in total. The number of rotatable bonds is 7. The van der Waals surface area contributed by atoms with Crippen molar-refractivity contribution >= 4 is 29.3 Å². The van der Waals surface area contributed by atoms with E-state index in [1.165, 1.54) is 12.3 Å². The molecule has 1 aliphatic carbocycles. The number of aromatic nitrogens is 2. The zero-order valence-corrected chi connectivity index (χ0v) is 16.5. The number of hydrogen-bond acceptors (Lipinski definition) is 6. The second-order valence-electron chi connectivity index (χ2n) is 7.09. The van der Waals surface area contributed by atoms with E-state index in [1.54, 1.807) is 12.1 Å². The predicted octanol–water partition coefficient (Wildman–Crippen LogP) is 3.25. The van der Waals surface area contributed by atoms with Crippen LogP contribution in [0.25, 0.3) is 0 Å². The lowest BCUT2D eigenvalue weighted by molar-refractivity contribution is -0.122. The van der Waals surface area contributed by atoms with E-state index in [9.17, 15) is 14.4 Å². The summed E-state index contributed by atoms with van der Waals surface area (Å²) in [4.78, 5) is 19.9. The van der Waals surface area contributed by atoms with Crippen LogP contribution in [0.3, 0.4) is 0 Å². The lowest BCUT2D eigenvalue weighted by Crippen LogP contribution is -2.32. The molecule has 0 unspecified atom stereocenters. The summed E-state index contributed by atoms with van der Waals surface area (Å²) < 4.78 is 13.2. The van der Waals surface area contributed by atoms with Crippen molar-refractivity contribution in [2.24, 2.45) is 11.7 Å². The van der Waals surface area contributed by atoms with Crippen LogP contribution in [-0.4, -0.2) is 28.5 Å². The number of primary amides is 1. The Bertz CT molecular complexity index is 924. The number of anilines is 2. The Labute approximate surface area is 173 Å². The molecule has 2 aromatic rings. The van der Waals surface area contributed by atoms with Crippen LogP contribution in [0.4, 0.5) is 16.2 Å². The van der Waals surface area contributed by atoms with Gasteiger partial charge in [0, 0.05) is 18.5 Å². The molecule has 1 saturated carbocycles. The van der Waals surface area contributed by atoms with E-state index in [0.717, 1.165) is 31.2 Å². The number of nitriles is 1. The molecule has 0 spiro atoms. The third kappa shape index (κ3) is 5.55. The normalized spacial score (nSPS) is 18.7. The zero-order chi connectivity index (χ0) is 20.8. The molecule has 1 amide bonds. The SMILES string of the molecule is N#Cc1cnc(NCCc2ccc(F)c(Cl)c2)nc1NC1CCC(C(N)=O)CC1.